The number of nitrogens with one attached hydrogen (secondary N) is 1. The van der Waals surface area contributed by atoms with Crippen LogP contribution >= 0.6 is 0 Å². The minimum absolute atomic E-state index is 0.357. The standard InChI is InChI=1S/C15H22N2O2/c1-3-19-15(18)11-7-5-9-13(14(11)16)17-12-8-4-6-10(12)2/h5,7,9-10,12,17H,3-4,6,8,16H2,1-2H3. The molecule has 1 fully saturated rings. The lowest BCUT2D eigenvalue weighted by Gasteiger charge is -2.20. The molecule has 4 nitrogen and oxygen atoms in total. The Morgan fingerprint density at radius 2 is 2.26 bits per heavy atom. The summed E-state index contributed by atoms with van der Waals surface area (Å²) in [4.78, 5) is 11.8. The van der Waals surface area contributed by atoms with Gasteiger partial charge in [0.1, 0.15) is 0 Å². The minimum atomic E-state index is -0.358. The molecule has 2 rings (SSSR count). The van der Waals surface area contributed by atoms with Crippen LogP contribution in [0.4, 0.5) is 11.4 Å². The number of carbonyl (C=O) groups is 1. The van der Waals surface area contributed by atoms with Gasteiger partial charge in [0.05, 0.1) is 23.5 Å². The molecule has 1 aromatic rings. The summed E-state index contributed by atoms with van der Waals surface area (Å²) in [6.07, 6.45) is 3.65. The van der Waals surface area contributed by atoms with Crippen molar-refractivity contribution in [2.75, 3.05) is 17.7 Å². The number of nitrogens with two attached hydrogens (primary N) is 1. The molecule has 4 heteroatoms. The van der Waals surface area contributed by atoms with E-state index >= 15 is 0 Å². The molecular formula is C15H22N2O2. The first-order chi connectivity index (χ1) is 9.13. The second-order valence-corrected chi connectivity index (χ2v) is 5.15. The van der Waals surface area contributed by atoms with E-state index in [0.29, 0.717) is 29.8 Å². The van der Waals surface area contributed by atoms with Gasteiger partial charge in [-0.2, -0.15) is 0 Å². The highest BCUT2D eigenvalue weighted by molar-refractivity contribution is 5.98. The summed E-state index contributed by atoms with van der Waals surface area (Å²) < 4.78 is 5.01. The molecule has 1 saturated carbocycles. The molecule has 0 saturated heterocycles. The fourth-order valence-electron chi connectivity index (χ4n) is 2.64. The maximum absolute atomic E-state index is 11.8. The highest BCUT2D eigenvalue weighted by Crippen LogP contribution is 2.31. The number of anilines is 2. The Kier molecular flexibility index (Phi) is 4.30. The van der Waals surface area contributed by atoms with E-state index in [9.17, 15) is 4.79 Å². The number of esters is 1. The SMILES string of the molecule is CCOC(=O)c1cccc(NC2CCCC2C)c1N. The van der Waals surface area contributed by atoms with Crippen LogP contribution in [-0.2, 0) is 4.74 Å². The summed E-state index contributed by atoms with van der Waals surface area (Å²) in [5, 5.41) is 3.46. The fourth-order valence-corrected chi connectivity index (χ4v) is 2.64. The van der Waals surface area contributed by atoms with Crippen LogP contribution in [0.2, 0.25) is 0 Å². The summed E-state index contributed by atoms with van der Waals surface area (Å²) >= 11 is 0. The average molecular weight is 262 g/mol. The van der Waals surface area contributed by atoms with E-state index in [1.807, 2.05) is 12.1 Å². The van der Waals surface area contributed by atoms with E-state index in [-0.39, 0.29) is 5.97 Å². The van der Waals surface area contributed by atoms with Crippen LogP contribution in [0, 0.1) is 5.92 Å². The molecule has 104 valence electrons. The lowest BCUT2D eigenvalue weighted by atomic mass is 10.1. The molecule has 2 atom stereocenters. The number of carbonyl (C=O) groups excluding carboxylic acids is 1. The molecule has 0 spiro atoms. The van der Waals surface area contributed by atoms with Crippen molar-refractivity contribution in [2.45, 2.75) is 39.2 Å². The Labute approximate surface area is 114 Å². The van der Waals surface area contributed by atoms with Gasteiger partial charge in [0.25, 0.3) is 0 Å². The highest BCUT2D eigenvalue weighted by atomic mass is 16.5. The zero-order valence-electron chi connectivity index (χ0n) is 11.6. The van der Waals surface area contributed by atoms with Crippen LogP contribution < -0.4 is 11.1 Å². The van der Waals surface area contributed by atoms with Crippen molar-refractivity contribution in [1.29, 1.82) is 0 Å². The number of nitrogen functional groups attached to an aromatic ring is 1. The first-order valence-electron chi connectivity index (χ1n) is 6.95. The van der Waals surface area contributed by atoms with Crippen LogP contribution in [0.25, 0.3) is 0 Å². The third-order valence-corrected chi connectivity index (χ3v) is 3.80. The summed E-state index contributed by atoms with van der Waals surface area (Å²) in [5.74, 6) is 0.286. The van der Waals surface area contributed by atoms with Crippen LogP contribution in [0.3, 0.4) is 0 Å². The van der Waals surface area contributed by atoms with E-state index in [1.54, 1.807) is 13.0 Å². The first kappa shape index (κ1) is 13.7. The van der Waals surface area contributed by atoms with Gasteiger partial charge < -0.3 is 15.8 Å². The molecule has 0 bridgehead atoms. The van der Waals surface area contributed by atoms with Crippen molar-refractivity contribution in [3.8, 4) is 0 Å². The second-order valence-electron chi connectivity index (χ2n) is 5.15. The maximum Gasteiger partial charge on any atom is 0.340 e. The predicted octanol–water partition coefficient (Wildman–Crippen LogP) is 3.05. The lowest BCUT2D eigenvalue weighted by molar-refractivity contribution is 0.0527. The normalized spacial score (nSPS) is 22.2. The number of hydrogen-bond donors (Lipinski definition) is 2. The van der Waals surface area contributed by atoms with Gasteiger partial charge in [0, 0.05) is 6.04 Å². The third kappa shape index (κ3) is 3.00. The summed E-state index contributed by atoms with van der Waals surface area (Å²) in [6.45, 7) is 4.39. The molecule has 2 unspecified atom stereocenters. The van der Waals surface area contributed by atoms with Crippen molar-refractivity contribution in [2.24, 2.45) is 5.92 Å². The average Bonchev–Trinajstić information content (AvgIpc) is 2.78. The van der Waals surface area contributed by atoms with E-state index < -0.39 is 0 Å². The van der Waals surface area contributed by atoms with Gasteiger partial charge in [0.2, 0.25) is 0 Å². The predicted molar refractivity (Wildman–Crippen MR) is 77.2 cm³/mol. The molecule has 0 aromatic heterocycles. The smallest absolute Gasteiger partial charge is 0.340 e. The summed E-state index contributed by atoms with van der Waals surface area (Å²) in [5.41, 5.74) is 7.84. The van der Waals surface area contributed by atoms with Gasteiger partial charge in [-0.05, 0) is 37.8 Å². The Morgan fingerprint density at radius 3 is 2.89 bits per heavy atom. The molecule has 3 N–H and O–H groups in total. The maximum atomic E-state index is 11.8. The number of para-hydroxylation sites is 1. The van der Waals surface area contributed by atoms with Crippen molar-refractivity contribution in [3.63, 3.8) is 0 Å². The monoisotopic (exact) mass is 262 g/mol. The number of ether oxygens (including phenoxy) is 1. The van der Waals surface area contributed by atoms with Crippen LogP contribution in [0.15, 0.2) is 18.2 Å². The van der Waals surface area contributed by atoms with Gasteiger partial charge in [-0.25, -0.2) is 4.79 Å². The Bertz CT molecular complexity index is 459. The molecule has 0 aliphatic heterocycles. The molecular weight excluding hydrogens is 240 g/mol. The molecule has 19 heavy (non-hydrogen) atoms. The lowest BCUT2D eigenvalue weighted by Crippen LogP contribution is -2.23. The number of hydrogen-bond acceptors (Lipinski definition) is 4. The first-order valence-corrected chi connectivity index (χ1v) is 6.95. The van der Waals surface area contributed by atoms with E-state index in [0.717, 1.165) is 12.1 Å². The molecule has 0 radical (unpaired) electrons. The Morgan fingerprint density at radius 1 is 1.47 bits per heavy atom. The Hall–Kier alpha value is -1.71. The molecule has 0 amide bonds. The summed E-state index contributed by atoms with van der Waals surface area (Å²) in [7, 11) is 0. The minimum Gasteiger partial charge on any atom is -0.462 e. The summed E-state index contributed by atoms with van der Waals surface area (Å²) in [6, 6.07) is 5.91. The molecule has 0 heterocycles. The van der Waals surface area contributed by atoms with Gasteiger partial charge >= 0.3 is 5.97 Å². The van der Waals surface area contributed by atoms with E-state index in [1.165, 1.54) is 12.8 Å². The third-order valence-electron chi connectivity index (χ3n) is 3.80. The molecule has 1 aliphatic rings. The van der Waals surface area contributed by atoms with Crippen molar-refractivity contribution in [3.05, 3.63) is 23.8 Å². The van der Waals surface area contributed by atoms with E-state index in [4.69, 9.17) is 10.5 Å². The zero-order chi connectivity index (χ0) is 13.8. The van der Waals surface area contributed by atoms with Gasteiger partial charge in [-0.3, -0.25) is 0 Å². The highest BCUT2D eigenvalue weighted by Gasteiger charge is 2.24. The van der Waals surface area contributed by atoms with Crippen molar-refractivity contribution < 1.29 is 9.53 Å². The topological polar surface area (TPSA) is 64.3 Å². The van der Waals surface area contributed by atoms with Crippen LogP contribution in [0.5, 0.6) is 0 Å². The van der Waals surface area contributed by atoms with Gasteiger partial charge in [-0.1, -0.05) is 19.4 Å². The second kappa shape index (κ2) is 5.95. The zero-order valence-corrected chi connectivity index (χ0v) is 11.6. The van der Waals surface area contributed by atoms with E-state index in [2.05, 4.69) is 12.2 Å². The largest absolute Gasteiger partial charge is 0.462 e. The quantitative estimate of drug-likeness (QED) is 0.646. The van der Waals surface area contributed by atoms with Crippen molar-refractivity contribution >= 4 is 17.3 Å². The number of rotatable bonds is 4. The number of benzene rings is 1. The Balaban J connectivity index is 2.17. The van der Waals surface area contributed by atoms with Crippen LogP contribution in [0.1, 0.15) is 43.5 Å². The van der Waals surface area contributed by atoms with Crippen molar-refractivity contribution in [1.82, 2.24) is 0 Å². The molecule has 1 aromatic carbocycles. The van der Waals surface area contributed by atoms with Gasteiger partial charge in [-0.15, -0.1) is 0 Å². The van der Waals surface area contributed by atoms with Crippen LogP contribution in [-0.4, -0.2) is 18.6 Å². The fraction of sp³-hybridized carbons (Fsp3) is 0.533. The van der Waals surface area contributed by atoms with Gasteiger partial charge in [0.15, 0.2) is 0 Å². The molecule has 1 aliphatic carbocycles.